The number of hydrogen-bond donors (Lipinski definition) is 1. The number of nitro benzene ring substituents is 1. The fourth-order valence-electron chi connectivity index (χ4n) is 3.55. The summed E-state index contributed by atoms with van der Waals surface area (Å²) in [6.07, 6.45) is 1.93. The summed E-state index contributed by atoms with van der Waals surface area (Å²) in [7, 11) is -2.49. The number of likely N-dealkylation sites (tertiary alicyclic amines) is 1. The van der Waals surface area contributed by atoms with E-state index in [-0.39, 0.29) is 16.3 Å². The molecule has 1 aliphatic heterocycles. The highest BCUT2D eigenvalue weighted by molar-refractivity contribution is 7.89. The second-order valence-corrected chi connectivity index (χ2v) is 8.81. The number of nitrogens with one attached hydrogen (secondary N) is 1. The second-order valence-electron chi connectivity index (χ2n) is 7.05. The van der Waals surface area contributed by atoms with Gasteiger partial charge in [-0.15, -0.1) is 0 Å². The predicted octanol–water partition coefficient (Wildman–Crippen LogP) is 2.25. The molecule has 0 aromatic heterocycles. The van der Waals surface area contributed by atoms with Gasteiger partial charge in [0, 0.05) is 25.7 Å². The Hall–Kier alpha value is -1.71. The van der Waals surface area contributed by atoms with Crippen LogP contribution in [0.2, 0.25) is 0 Å². The van der Waals surface area contributed by atoms with Gasteiger partial charge in [-0.2, -0.15) is 0 Å². The van der Waals surface area contributed by atoms with E-state index in [1.807, 2.05) is 0 Å². The van der Waals surface area contributed by atoms with Gasteiger partial charge in [0.15, 0.2) is 5.75 Å². The van der Waals surface area contributed by atoms with Crippen molar-refractivity contribution in [2.45, 2.75) is 31.6 Å². The van der Waals surface area contributed by atoms with Gasteiger partial charge in [0.1, 0.15) is 0 Å². The summed E-state index contributed by atoms with van der Waals surface area (Å²) in [5, 5.41) is 11.1. The minimum absolute atomic E-state index is 0.0299. The van der Waals surface area contributed by atoms with Crippen molar-refractivity contribution >= 4 is 15.7 Å². The van der Waals surface area contributed by atoms with Gasteiger partial charge >= 0.3 is 5.69 Å². The first-order valence-electron chi connectivity index (χ1n) is 8.77. The van der Waals surface area contributed by atoms with Crippen molar-refractivity contribution in [1.82, 2.24) is 9.62 Å². The first kappa shape index (κ1) is 20.6. The Morgan fingerprint density at radius 3 is 2.54 bits per heavy atom. The summed E-state index contributed by atoms with van der Waals surface area (Å²) in [6.45, 7) is 7.69. The highest BCUT2D eigenvalue weighted by atomic mass is 32.2. The molecule has 9 heteroatoms. The van der Waals surface area contributed by atoms with E-state index in [0.29, 0.717) is 24.8 Å². The van der Waals surface area contributed by atoms with Crippen LogP contribution in [-0.2, 0) is 10.0 Å². The lowest BCUT2D eigenvalue weighted by Crippen LogP contribution is -2.40. The molecule has 0 saturated carbocycles. The highest BCUT2D eigenvalue weighted by Crippen LogP contribution is 2.29. The summed E-state index contributed by atoms with van der Waals surface area (Å²) in [4.78, 5) is 12.6. The van der Waals surface area contributed by atoms with Crippen molar-refractivity contribution in [3.63, 3.8) is 0 Å². The lowest BCUT2D eigenvalue weighted by molar-refractivity contribution is -0.386. The molecule has 1 saturated heterocycles. The fourth-order valence-corrected chi connectivity index (χ4v) is 4.64. The Morgan fingerprint density at radius 1 is 1.31 bits per heavy atom. The first-order valence-corrected chi connectivity index (χ1v) is 10.3. The first-order chi connectivity index (χ1) is 12.2. The molecule has 1 aliphatic rings. The van der Waals surface area contributed by atoms with Crippen LogP contribution in [0.4, 0.5) is 5.69 Å². The fraction of sp³-hybridized carbons (Fsp3) is 0.647. The van der Waals surface area contributed by atoms with Gasteiger partial charge in [0.25, 0.3) is 0 Å². The van der Waals surface area contributed by atoms with E-state index in [9.17, 15) is 18.5 Å². The van der Waals surface area contributed by atoms with E-state index in [1.165, 1.54) is 25.7 Å². The topological polar surface area (TPSA) is 102 Å². The van der Waals surface area contributed by atoms with Crippen molar-refractivity contribution in [3.8, 4) is 5.75 Å². The maximum absolute atomic E-state index is 12.4. The second kappa shape index (κ2) is 8.79. The largest absolute Gasteiger partial charge is 0.490 e. The van der Waals surface area contributed by atoms with Crippen LogP contribution in [0.15, 0.2) is 23.1 Å². The molecule has 1 N–H and O–H groups in total. The number of ether oxygens (including phenoxy) is 1. The summed E-state index contributed by atoms with van der Waals surface area (Å²) in [5.41, 5.74) is -0.369. The van der Waals surface area contributed by atoms with Gasteiger partial charge in [-0.25, -0.2) is 13.1 Å². The average Bonchev–Trinajstić information content (AvgIpc) is 2.57. The Bertz CT molecular complexity index is 728. The molecular weight excluding hydrogens is 358 g/mol. The summed E-state index contributed by atoms with van der Waals surface area (Å²) >= 11 is 0. The van der Waals surface area contributed by atoms with Crippen molar-refractivity contribution in [2.24, 2.45) is 11.8 Å². The maximum Gasteiger partial charge on any atom is 0.312 e. The predicted molar refractivity (Wildman–Crippen MR) is 98.8 cm³/mol. The van der Waals surface area contributed by atoms with E-state index in [2.05, 4.69) is 23.5 Å². The van der Waals surface area contributed by atoms with Gasteiger partial charge < -0.3 is 9.64 Å². The monoisotopic (exact) mass is 385 g/mol. The SMILES string of the molecule is COc1ccc(S(=O)(=O)NCCCN2C[C@H](C)C[C@H](C)C2)cc1[N+](=O)[O-]. The third-order valence-corrected chi connectivity index (χ3v) is 6.00. The van der Waals surface area contributed by atoms with Crippen molar-refractivity contribution in [3.05, 3.63) is 28.3 Å². The zero-order chi connectivity index (χ0) is 19.3. The number of piperidine rings is 1. The van der Waals surface area contributed by atoms with Crippen molar-refractivity contribution < 1.29 is 18.1 Å². The maximum atomic E-state index is 12.4. The summed E-state index contributed by atoms with van der Waals surface area (Å²) in [5.74, 6) is 1.35. The summed E-state index contributed by atoms with van der Waals surface area (Å²) < 4.78 is 32.2. The molecule has 1 aromatic rings. The number of hydrogen-bond acceptors (Lipinski definition) is 6. The number of nitrogens with zero attached hydrogens (tertiary/aromatic N) is 2. The van der Waals surface area contributed by atoms with Crippen molar-refractivity contribution in [1.29, 1.82) is 0 Å². The number of nitro groups is 1. The van der Waals surface area contributed by atoms with Crippen LogP contribution >= 0.6 is 0 Å². The van der Waals surface area contributed by atoms with Crippen LogP contribution < -0.4 is 9.46 Å². The van der Waals surface area contributed by atoms with E-state index in [0.717, 1.165) is 25.7 Å². The van der Waals surface area contributed by atoms with Crippen LogP contribution in [0.1, 0.15) is 26.7 Å². The molecule has 0 unspecified atom stereocenters. The van der Waals surface area contributed by atoms with Crippen LogP contribution in [0.5, 0.6) is 5.75 Å². The molecule has 26 heavy (non-hydrogen) atoms. The minimum atomic E-state index is -3.79. The third-order valence-electron chi connectivity index (χ3n) is 4.54. The number of sulfonamides is 1. The summed E-state index contributed by atoms with van der Waals surface area (Å²) in [6, 6.07) is 3.63. The molecule has 1 heterocycles. The number of benzene rings is 1. The molecule has 1 aromatic carbocycles. The van der Waals surface area contributed by atoms with E-state index in [4.69, 9.17) is 4.74 Å². The van der Waals surface area contributed by atoms with Crippen molar-refractivity contribution in [2.75, 3.05) is 33.3 Å². The Morgan fingerprint density at radius 2 is 1.96 bits per heavy atom. The molecule has 0 spiro atoms. The molecule has 2 rings (SSSR count). The molecule has 0 bridgehead atoms. The third kappa shape index (κ3) is 5.39. The van der Waals surface area contributed by atoms with Gasteiger partial charge in [-0.3, -0.25) is 10.1 Å². The molecule has 1 fully saturated rings. The lowest BCUT2D eigenvalue weighted by Gasteiger charge is -2.34. The minimum Gasteiger partial charge on any atom is -0.490 e. The standard InChI is InChI=1S/C17H27N3O5S/c1-13-9-14(2)12-19(11-13)8-4-7-18-26(23,24)15-5-6-17(25-3)16(10-15)20(21)22/h5-6,10,13-14,18H,4,7-9,11-12H2,1-3H3/t13-,14+. The van der Waals surface area contributed by atoms with Crippen LogP contribution in [-0.4, -0.2) is 51.5 Å². The molecule has 8 nitrogen and oxygen atoms in total. The molecule has 2 atom stereocenters. The zero-order valence-corrected chi connectivity index (χ0v) is 16.3. The molecule has 0 aliphatic carbocycles. The lowest BCUT2D eigenvalue weighted by atomic mass is 9.92. The van der Waals surface area contributed by atoms with E-state index in [1.54, 1.807) is 0 Å². The van der Waals surface area contributed by atoms with Gasteiger partial charge in [-0.05, 0) is 43.4 Å². The number of rotatable bonds is 8. The number of methoxy groups -OCH3 is 1. The van der Waals surface area contributed by atoms with Gasteiger partial charge in [0.2, 0.25) is 10.0 Å². The van der Waals surface area contributed by atoms with Gasteiger partial charge in [0.05, 0.1) is 16.9 Å². The van der Waals surface area contributed by atoms with Crippen LogP contribution in [0, 0.1) is 22.0 Å². The smallest absolute Gasteiger partial charge is 0.312 e. The van der Waals surface area contributed by atoms with Gasteiger partial charge in [-0.1, -0.05) is 13.8 Å². The zero-order valence-electron chi connectivity index (χ0n) is 15.5. The molecule has 0 radical (unpaired) electrons. The van der Waals surface area contributed by atoms with E-state index < -0.39 is 14.9 Å². The Kier molecular flexibility index (Phi) is 6.96. The molecule has 146 valence electrons. The van der Waals surface area contributed by atoms with Crippen LogP contribution in [0.3, 0.4) is 0 Å². The normalized spacial score (nSPS) is 21.5. The van der Waals surface area contributed by atoms with Crippen LogP contribution in [0.25, 0.3) is 0 Å². The Labute approximate surface area is 154 Å². The quantitative estimate of drug-likeness (QED) is 0.418. The molecule has 0 amide bonds. The van der Waals surface area contributed by atoms with E-state index >= 15 is 0 Å². The molecular formula is C17H27N3O5S. The Balaban J connectivity index is 1.92. The average molecular weight is 385 g/mol. The highest BCUT2D eigenvalue weighted by Gasteiger charge is 2.23.